The van der Waals surface area contributed by atoms with Gasteiger partial charge in [0.25, 0.3) is 5.92 Å². The molecule has 0 saturated carbocycles. The minimum atomic E-state index is -2.57. The van der Waals surface area contributed by atoms with Crippen LogP contribution in [0.2, 0.25) is 0 Å². The molecule has 5 heteroatoms. The van der Waals surface area contributed by atoms with Gasteiger partial charge in [-0.15, -0.1) is 0 Å². The Balaban J connectivity index is 1.94. The van der Waals surface area contributed by atoms with E-state index in [-0.39, 0.29) is 13.0 Å². The van der Waals surface area contributed by atoms with Gasteiger partial charge < -0.3 is 9.32 Å². The topological polar surface area (TPSA) is 29.3 Å². The Morgan fingerprint density at radius 1 is 1.38 bits per heavy atom. The third-order valence-corrected chi connectivity index (χ3v) is 2.85. The first-order valence-corrected chi connectivity index (χ1v) is 5.10. The van der Waals surface area contributed by atoms with Gasteiger partial charge in [0.05, 0.1) is 6.54 Å². The van der Waals surface area contributed by atoms with Gasteiger partial charge in [0.1, 0.15) is 5.52 Å². The van der Waals surface area contributed by atoms with Crippen molar-refractivity contribution in [3.63, 3.8) is 0 Å². The number of rotatable bonds is 1. The van der Waals surface area contributed by atoms with Gasteiger partial charge in [0.15, 0.2) is 12.0 Å². The zero-order valence-electron chi connectivity index (χ0n) is 8.49. The van der Waals surface area contributed by atoms with Gasteiger partial charge >= 0.3 is 0 Å². The maximum absolute atomic E-state index is 13.1. The lowest BCUT2D eigenvalue weighted by Crippen LogP contribution is -2.24. The Labute approximate surface area is 90.7 Å². The van der Waals surface area contributed by atoms with Crippen molar-refractivity contribution in [3.8, 4) is 0 Å². The summed E-state index contributed by atoms with van der Waals surface area (Å²) in [6.45, 7) is 0.173. The standard InChI is InChI=1S/C11H10F2N2O/c12-11(13)3-4-15(6-11)8-1-2-10-9(5-8)14-7-16-10/h1-2,5,7H,3-4,6H2. The molecule has 1 aliphatic rings. The largest absolute Gasteiger partial charge is 0.443 e. The fraction of sp³-hybridized carbons (Fsp3) is 0.364. The Morgan fingerprint density at radius 3 is 3.00 bits per heavy atom. The summed E-state index contributed by atoms with van der Waals surface area (Å²) in [5.41, 5.74) is 2.15. The van der Waals surface area contributed by atoms with Gasteiger partial charge in [0, 0.05) is 18.7 Å². The quantitative estimate of drug-likeness (QED) is 0.745. The molecule has 0 atom stereocenters. The predicted molar refractivity (Wildman–Crippen MR) is 55.8 cm³/mol. The Hall–Kier alpha value is -1.65. The number of benzene rings is 1. The van der Waals surface area contributed by atoms with Crippen LogP contribution < -0.4 is 4.90 Å². The molecule has 84 valence electrons. The first kappa shape index (κ1) is 9.57. The lowest BCUT2D eigenvalue weighted by Gasteiger charge is -2.17. The smallest absolute Gasteiger partial charge is 0.266 e. The molecule has 0 bridgehead atoms. The van der Waals surface area contributed by atoms with Gasteiger partial charge in [-0.25, -0.2) is 13.8 Å². The van der Waals surface area contributed by atoms with E-state index in [1.165, 1.54) is 6.39 Å². The Kier molecular flexibility index (Phi) is 1.89. The second-order valence-electron chi connectivity index (χ2n) is 4.03. The van der Waals surface area contributed by atoms with Crippen molar-refractivity contribution in [2.75, 3.05) is 18.0 Å². The molecule has 3 rings (SSSR count). The molecule has 1 aliphatic heterocycles. The van der Waals surface area contributed by atoms with Crippen molar-refractivity contribution >= 4 is 16.8 Å². The summed E-state index contributed by atoms with van der Waals surface area (Å²) in [7, 11) is 0. The molecule has 0 N–H and O–H groups in total. The highest BCUT2D eigenvalue weighted by molar-refractivity contribution is 5.77. The van der Waals surface area contributed by atoms with Crippen LogP contribution in [0.3, 0.4) is 0 Å². The summed E-state index contributed by atoms with van der Waals surface area (Å²) in [5.74, 6) is -2.57. The van der Waals surface area contributed by atoms with Gasteiger partial charge in [-0.2, -0.15) is 0 Å². The van der Waals surface area contributed by atoms with E-state index in [0.717, 1.165) is 5.69 Å². The van der Waals surface area contributed by atoms with E-state index in [4.69, 9.17) is 4.42 Å². The minimum Gasteiger partial charge on any atom is -0.443 e. The zero-order valence-corrected chi connectivity index (χ0v) is 8.49. The molecule has 1 aromatic carbocycles. The molecule has 2 aromatic rings. The Morgan fingerprint density at radius 2 is 2.25 bits per heavy atom. The van der Waals surface area contributed by atoms with E-state index in [1.54, 1.807) is 23.1 Å². The summed E-state index contributed by atoms with van der Waals surface area (Å²) in [6.07, 6.45) is 1.27. The number of hydrogen-bond acceptors (Lipinski definition) is 3. The number of oxazole rings is 1. The number of aromatic nitrogens is 1. The van der Waals surface area contributed by atoms with E-state index < -0.39 is 5.92 Å². The Bertz CT molecular complexity index is 523. The molecule has 1 fully saturated rings. The van der Waals surface area contributed by atoms with Crippen molar-refractivity contribution in [1.29, 1.82) is 0 Å². The molecular weight excluding hydrogens is 214 g/mol. The molecule has 0 unspecified atom stereocenters. The second-order valence-corrected chi connectivity index (χ2v) is 4.03. The second kappa shape index (κ2) is 3.17. The van der Waals surface area contributed by atoms with Crippen LogP contribution in [-0.4, -0.2) is 24.0 Å². The number of nitrogens with zero attached hydrogens (tertiary/aromatic N) is 2. The summed E-state index contributed by atoms with van der Waals surface area (Å²) < 4.78 is 31.2. The summed E-state index contributed by atoms with van der Waals surface area (Å²) >= 11 is 0. The van der Waals surface area contributed by atoms with Crippen molar-refractivity contribution in [1.82, 2.24) is 4.98 Å². The van der Waals surface area contributed by atoms with Crippen LogP contribution in [0, 0.1) is 0 Å². The lowest BCUT2D eigenvalue weighted by molar-refractivity contribution is 0.0257. The molecule has 16 heavy (non-hydrogen) atoms. The average molecular weight is 224 g/mol. The number of alkyl halides is 2. The number of anilines is 1. The highest BCUT2D eigenvalue weighted by atomic mass is 19.3. The minimum absolute atomic E-state index is 0.0795. The number of fused-ring (bicyclic) bond motifs is 1. The van der Waals surface area contributed by atoms with E-state index in [9.17, 15) is 8.78 Å². The SMILES string of the molecule is FC1(F)CCN(c2ccc3ocnc3c2)C1. The van der Waals surface area contributed by atoms with Crippen LogP contribution in [0.1, 0.15) is 6.42 Å². The first-order chi connectivity index (χ1) is 7.64. The summed E-state index contributed by atoms with van der Waals surface area (Å²) in [6, 6.07) is 5.32. The van der Waals surface area contributed by atoms with Crippen molar-refractivity contribution < 1.29 is 13.2 Å². The zero-order chi connectivity index (χ0) is 11.2. The van der Waals surface area contributed by atoms with Crippen molar-refractivity contribution in [3.05, 3.63) is 24.6 Å². The molecule has 2 heterocycles. The molecule has 1 aromatic heterocycles. The fourth-order valence-electron chi connectivity index (χ4n) is 2.00. The van der Waals surface area contributed by atoms with E-state index in [0.29, 0.717) is 17.6 Å². The van der Waals surface area contributed by atoms with Crippen LogP contribution in [0.25, 0.3) is 11.1 Å². The van der Waals surface area contributed by atoms with Crippen LogP contribution >= 0.6 is 0 Å². The molecule has 3 nitrogen and oxygen atoms in total. The van der Waals surface area contributed by atoms with Crippen LogP contribution in [-0.2, 0) is 0 Å². The molecular formula is C11H10F2N2O. The van der Waals surface area contributed by atoms with Crippen LogP contribution in [0.15, 0.2) is 29.0 Å². The van der Waals surface area contributed by atoms with Gasteiger partial charge in [-0.1, -0.05) is 0 Å². The molecule has 1 saturated heterocycles. The lowest BCUT2D eigenvalue weighted by atomic mass is 10.2. The molecule has 0 spiro atoms. The monoisotopic (exact) mass is 224 g/mol. The van der Waals surface area contributed by atoms with Gasteiger partial charge in [-0.3, -0.25) is 0 Å². The maximum atomic E-state index is 13.1. The maximum Gasteiger partial charge on any atom is 0.266 e. The van der Waals surface area contributed by atoms with E-state index >= 15 is 0 Å². The molecule has 0 aliphatic carbocycles. The van der Waals surface area contributed by atoms with Crippen LogP contribution in [0.4, 0.5) is 14.5 Å². The number of hydrogen-bond donors (Lipinski definition) is 0. The van der Waals surface area contributed by atoms with Crippen molar-refractivity contribution in [2.45, 2.75) is 12.3 Å². The summed E-state index contributed by atoms with van der Waals surface area (Å²) in [5, 5.41) is 0. The summed E-state index contributed by atoms with van der Waals surface area (Å²) in [4.78, 5) is 5.68. The molecule has 0 amide bonds. The first-order valence-electron chi connectivity index (χ1n) is 5.10. The van der Waals surface area contributed by atoms with E-state index in [2.05, 4.69) is 4.98 Å². The van der Waals surface area contributed by atoms with Crippen molar-refractivity contribution in [2.24, 2.45) is 0 Å². The number of halogens is 2. The van der Waals surface area contributed by atoms with Gasteiger partial charge in [0.2, 0.25) is 0 Å². The highest BCUT2D eigenvalue weighted by Crippen LogP contribution is 2.31. The normalized spacial score (nSPS) is 19.5. The molecule has 0 radical (unpaired) electrons. The van der Waals surface area contributed by atoms with Crippen LogP contribution in [0.5, 0.6) is 0 Å². The average Bonchev–Trinajstić information content (AvgIpc) is 2.82. The third-order valence-electron chi connectivity index (χ3n) is 2.85. The fourth-order valence-corrected chi connectivity index (χ4v) is 2.00. The van der Waals surface area contributed by atoms with Gasteiger partial charge in [-0.05, 0) is 18.2 Å². The van der Waals surface area contributed by atoms with E-state index in [1.807, 2.05) is 0 Å². The highest BCUT2D eigenvalue weighted by Gasteiger charge is 2.38. The third kappa shape index (κ3) is 1.52. The predicted octanol–water partition coefficient (Wildman–Crippen LogP) is 2.67.